The van der Waals surface area contributed by atoms with Gasteiger partial charge in [-0.1, -0.05) is 19.8 Å². The number of hydrogen-bond donors (Lipinski definition) is 0. The molecule has 0 radical (unpaired) electrons. The summed E-state index contributed by atoms with van der Waals surface area (Å²) in [6, 6.07) is 0. The van der Waals surface area contributed by atoms with Crippen LogP contribution in [-0.4, -0.2) is 4.57 Å². The number of hydrogen-bond acceptors (Lipinski definition) is 0. The highest BCUT2D eigenvalue weighted by molar-refractivity contribution is 4.76. The molecule has 1 rings (SSSR count). The van der Waals surface area contributed by atoms with Crippen LogP contribution < -0.4 is 9.27 Å². The number of unbranched alkanes of at least 4 members (excludes halogenated alkanes) is 3. The molecule has 1 aromatic rings. The number of nitrogens with zero attached hydrogens (tertiary/aromatic N) is 2. The molecule has 1 aromatic heterocycles. The van der Waals surface area contributed by atoms with Gasteiger partial charge in [0.05, 0.1) is 13.6 Å². The molecule has 0 atom stereocenters. The first-order valence-electron chi connectivity index (χ1n) is 5.27. The standard InChI is InChI=1S/C11H21N2.FH/c1-4-5-6-7-8-13-10-9-12(3)11(13)2;/h9-10H,4-8H2,1-3H3;1H/q+1;/p-1. The van der Waals surface area contributed by atoms with Crippen LogP contribution in [0.1, 0.15) is 38.4 Å². The average Bonchev–Trinajstić information content (AvgIpc) is 2.43. The van der Waals surface area contributed by atoms with E-state index in [1.807, 2.05) is 0 Å². The molecule has 0 aromatic carbocycles. The van der Waals surface area contributed by atoms with E-state index in [9.17, 15) is 0 Å². The van der Waals surface area contributed by atoms with Gasteiger partial charge in [0.1, 0.15) is 12.4 Å². The molecule has 0 bridgehead atoms. The molecular weight excluding hydrogens is 179 g/mol. The molecule has 3 heteroatoms. The van der Waals surface area contributed by atoms with E-state index in [4.69, 9.17) is 0 Å². The minimum Gasteiger partial charge on any atom is -1.00 e. The summed E-state index contributed by atoms with van der Waals surface area (Å²) in [6.07, 6.45) is 9.64. The van der Waals surface area contributed by atoms with Crippen LogP contribution in [0.25, 0.3) is 0 Å². The average molecular weight is 200 g/mol. The lowest BCUT2D eigenvalue weighted by molar-refractivity contribution is -0.702. The van der Waals surface area contributed by atoms with Crippen molar-refractivity contribution >= 4 is 0 Å². The summed E-state index contributed by atoms with van der Waals surface area (Å²) in [5.41, 5.74) is 0. The summed E-state index contributed by atoms with van der Waals surface area (Å²) >= 11 is 0. The van der Waals surface area contributed by atoms with Gasteiger partial charge in [-0.15, -0.1) is 0 Å². The first kappa shape index (κ1) is 13.1. The molecule has 0 aliphatic rings. The first-order valence-corrected chi connectivity index (χ1v) is 5.27. The molecule has 14 heavy (non-hydrogen) atoms. The zero-order chi connectivity index (χ0) is 9.68. The number of imidazole rings is 1. The fourth-order valence-electron chi connectivity index (χ4n) is 1.54. The van der Waals surface area contributed by atoms with Crippen LogP contribution in [0.3, 0.4) is 0 Å². The first-order chi connectivity index (χ1) is 6.25. The van der Waals surface area contributed by atoms with Crippen molar-refractivity contribution in [1.82, 2.24) is 4.57 Å². The molecule has 0 fully saturated rings. The Labute approximate surface area is 85.9 Å². The van der Waals surface area contributed by atoms with E-state index >= 15 is 0 Å². The van der Waals surface area contributed by atoms with E-state index < -0.39 is 0 Å². The Morgan fingerprint density at radius 1 is 1.29 bits per heavy atom. The van der Waals surface area contributed by atoms with E-state index in [-0.39, 0.29) is 4.70 Å². The third kappa shape index (κ3) is 3.48. The molecule has 0 unspecified atom stereocenters. The van der Waals surface area contributed by atoms with Crippen molar-refractivity contribution in [3.63, 3.8) is 0 Å². The maximum Gasteiger partial charge on any atom is 0.253 e. The van der Waals surface area contributed by atoms with Crippen molar-refractivity contribution in [2.45, 2.75) is 46.1 Å². The number of rotatable bonds is 5. The Kier molecular flexibility index (Phi) is 6.17. The quantitative estimate of drug-likeness (QED) is 0.435. The van der Waals surface area contributed by atoms with Crippen LogP contribution in [0, 0.1) is 6.92 Å². The van der Waals surface area contributed by atoms with Crippen molar-refractivity contribution < 1.29 is 9.27 Å². The number of aryl methyl sites for hydroxylation is 2. The second-order valence-corrected chi connectivity index (χ2v) is 3.71. The van der Waals surface area contributed by atoms with Crippen molar-refractivity contribution in [3.05, 3.63) is 18.2 Å². The summed E-state index contributed by atoms with van der Waals surface area (Å²) < 4.78 is 4.50. The summed E-state index contributed by atoms with van der Waals surface area (Å²) in [4.78, 5) is 0. The monoisotopic (exact) mass is 200 g/mol. The zero-order valence-electron chi connectivity index (χ0n) is 9.46. The fraction of sp³-hybridized carbons (Fsp3) is 0.727. The van der Waals surface area contributed by atoms with Gasteiger partial charge in [0, 0.05) is 6.92 Å². The van der Waals surface area contributed by atoms with Crippen molar-refractivity contribution in [2.24, 2.45) is 7.05 Å². The molecule has 82 valence electrons. The van der Waals surface area contributed by atoms with Gasteiger partial charge >= 0.3 is 0 Å². The van der Waals surface area contributed by atoms with Crippen LogP contribution in [0.15, 0.2) is 12.4 Å². The van der Waals surface area contributed by atoms with Crippen LogP contribution in [0.2, 0.25) is 0 Å². The third-order valence-corrected chi connectivity index (χ3v) is 2.65. The summed E-state index contributed by atoms with van der Waals surface area (Å²) in [5, 5.41) is 0. The highest BCUT2D eigenvalue weighted by Crippen LogP contribution is 1.99. The second kappa shape index (κ2) is 6.57. The molecular formula is C11H21FN2. The van der Waals surface area contributed by atoms with Gasteiger partial charge in [0.15, 0.2) is 0 Å². The highest BCUT2D eigenvalue weighted by atomic mass is 19.0. The van der Waals surface area contributed by atoms with Gasteiger partial charge in [-0.3, -0.25) is 0 Å². The van der Waals surface area contributed by atoms with E-state index in [0.717, 1.165) is 0 Å². The Hall–Kier alpha value is -0.860. The predicted octanol–water partition coefficient (Wildman–Crippen LogP) is -0.795. The predicted molar refractivity (Wildman–Crippen MR) is 54.5 cm³/mol. The Balaban J connectivity index is 0.00000169. The van der Waals surface area contributed by atoms with Gasteiger partial charge < -0.3 is 4.70 Å². The summed E-state index contributed by atoms with van der Waals surface area (Å²) in [6.45, 7) is 5.59. The van der Waals surface area contributed by atoms with E-state index in [1.165, 1.54) is 38.1 Å². The van der Waals surface area contributed by atoms with Gasteiger partial charge in [0.25, 0.3) is 5.82 Å². The third-order valence-electron chi connectivity index (χ3n) is 2.65. The topological polar surface area (TPSA) is 8.81 Å². The zero-order valence-corrected chi connectivity index (χ0v) is 9.46. The smallest absolute Gasteiger partial charge is 0.253 e. The number of halogens is 1. The lowest BCUT2D eigenvalue weighted by atomic mass is 10.2. The van der Waals surface area contributed by atoms with E-state index in [1.54, 1.807) is 0 Å². The lowest BCUT2D eigenvalue weighted by Crippen LogP contribution is -3.00. The largest absolute Gasteiger partial charge is 1.00 e. The lowest BCUT2D eigenvalue weighted by Gasteiger charge is -1.98. The normalized spacial score (nSPS) is 9.93. The van der Waals surface area contributed by atoms with Crippen molar-refractivity contribution in [1.29, 1.82) is 0 Å². The van der Waals surface area contributed by atoms with E-state index in [2.05, 4.69) is 42.4 Å². The maximum absolute atomic E-state index is 2.33. The molecule has 2 nitrogen and oxygen atoms in total. The van der Waals surface area contributed by atoms with Gasteiger partial charge in [-0.05, 0) is 12.8 Å². The van der Waals surface area contributed by atoms with Crippen molar-refractivity contribution in [3.8, 4) is 0 Å². The van der Waals surface area contributed by atoms with Crippen LogP contribution in [0.4, 0.5) is 0 Å². The number of aromatic nitrogens is 2. The van der Waals surface area contributed by atoms with Gasteiger partial charge in [0.2, 0.25) is 0 Å². The molecule has 0 N–H and O–H groups in total. The van der Waals surface area contributed by atoms with Crippen LogP contribution >= 0.6 is 0 Å². The maximum atomic E-state index is 2.33. The summed E-state index contributed by atoms with van der Waals surface area (Å²) in [5.74, 6) is 1.34. The molecule has 0 amide bonds. The molecule has 1 heterocycles. The highest BCUT2D eigenvalue weighted by Gasteiger charge is 2.06. The minimum absolute atomic E-state index is 0. The van der Waals surface area contributed by atoms with Crippen LogP contribution in [0.5, 0.6) is 0 Å². The fourth-order valence-corrected chi connectivity index (χ4v) is 1.54. The SMILES string of the molecule is CCCCCC[n+]1ccn(C)c1C.[F-]. The Morgan fingerprint density at radius 2 is 2.00 bits per heavy atom. The Bertz CT molecular complexity index is 256. The molecule has 0 saturated carbocycles. The molecule has 0 aliphatic carbocycles. The summed E-state index contributed by atoms with van der Waals surface area (Å²) in [7, 11) is 2.10. The second-order valence-electron chi connectivity index (χ2n) is 3.71. The Morgan fingerprint density at radius 3 is 2.50 bits per heavy atom. The van der Waals surface area contributed by atoms with Crippen molar-refractivity contribution in [2.75, 3.05) is 0 Å². The minimum atomic E-state index is 0. The van der Waals surface area contributed by atoms with E-state index in [0.29, 0.717) is 0 Å². The van der Waals surface area contributed by atoms with Crippen LogP contribution in [-0.2, 0) is 13.6 Å². The molecule has 0 aliphatic heterocycles. The van der Waals surface area contributed by atoms with Gasteiger partial charge in [-0.25, -0.2) is 9.13 Å². The molecule has 0 saturated heterocycles. The molecule has 0 spiro atoms. The van der Waals surface area contributed by atoms with Gasteiger partial charge in [-0.2, -0.15) is 0 Å².